The second kappa shape index (κ2) is 77.8. The number of hydrogen-bond donors (Lipinski definition) is 3. The summed E-state index contributed by atoms with van der Waals surface area (Å²) in [4.78, 5) is 73.2. The molecule has 0 aromatic carbocycles. The van der Waals surface area contributed by atoms with Crippen molar-refractivity contribution in [2.24, 2.45) is 5.92 Å². The third-order valence-electron chi connectivity index (χ3n) is 20.0. The van der Waals surface area contributed by atoms with Gasteiger partial charge in [0.2, 0.25) is 0 Å². The molecule has 2 unspecified atom stereocenters. The summed E-state index contributed by atoms with van der Waals surface area (Å²) >= 11 is 0. The standard InChI is InChI=1S/C85H166O17P2/c1-6-9-12-15-18-21-24-26-28-29-30-31-32-37-41-46-51-56-61-66-71-85(90)102-81(75-96-83(88)69-64-59-54-49-44-40-36-34-33-35-38-43-47-52-57-62-67-78(4)5)77-100-104(93,94)98-73-79(86)72-97-103(91,92)99-76-80(74-95-82(87)68-63-58-53-48-42-23-20-17-14-11-8-3)101-84(89)70-65-60-55-50-45-39-27-25-22-19-16-13-10-7-2/h78-81,86H,6-77H2,1-5H3,(H,91,92)(H,93,94)/t79-,80+,81+/m0/s1. The number of hydrogen-bond acceptors (Lipinski definition) is 15. The van der Waals surface area contributed by atoms with Gasteiger partial charge in [-0.05, 0) is 31.6 Å². The summed E-state index contributed by atoms with van der Waals surface area (Å²) in [5.74, 6) is -1.29. The summed E-state index contributed by atoms with van der Waals surface area (Å²) in [5.41, 5.74) is 0. The molecule has 0 bridgehead atoms. The first-order chi connectivity index (χ1) is 50.5. The third kappa shape index (κ3) is 78.2. The van der Waals surface area contributed by atoms with Gasteiger partial charge in [0, 0.05) is 25.7 Å². The highest BCUT2D eigenvalue weighted by Crippen LogP contribution is 2.45. The summed E-state index contributed by atoms with van der Waals surface area (Å²) in [6, 6.07) is 0. The normalized spacial score (nSPS) is 13.8. The highest BCUT2D eigenvalue weighted by atomic mass is 31.2. The molecule has 0 aliphatic rings. The minimum Gasteiger partial charge on any atom is -0.462 e. The number of carbonyl (C=O) groups excluding carboxylic acids is 4. The fourth-order valence-electron chi connectivity index (χ4n) is 13.3. The zero-order chi connectivity index (χ0) is 76.2. The van der Waals surface area contributed by atoms with Gasteiger partial charge in [-0.25, -0.2) is 9.13 Å². The van der Waals surface area contributed by atoms with E-state index >= 15 is 0 Å². The van der Waals surface area contributed by atoms with Gasteiger partial charge in [-0.15, -0.1) is 0 Å². The van der Waals surface area contributed by atoms with Crippen molar-refractivity contribution in [2.45, 2.75) is 477 Å². The Kier molecular flexibility index (Phi) is 76.3. The van der Waals surface area contributed by atoms with Crippen LogP contribution in [-0.2, 0) is 65.4 Å². The molecule has 0 aromatic heterocycles. The summed E-state index contributed by atoms with van der Waals surface area (Å²) in [7, 11) is -9.92. The van der Waals surface area contributed by atoms with Gasteiger partial charge in [0.25, 0.3) is 0 Å². The molecule has 0 saturated carbocycles. The van der Waals surface area contributed by atoms with E-state index in [0.29, 0.717) is 25.7 Å². The monoisotopic (exact) mass is 1520 g/mol. The van der Waals surface area contributed by atoms with Crippen molar-refractivity contribution in [3.8, 4) is 0 Å². The molecule has 0 aromatic rings. The number of phosphoric acid groups is 2. The van der Waals surface area contributed by atoms with E-state index in [2.05, 4.69) is 34.6 Å². The van der Waals surface area contributed by atoms with Crippen LogP contribution in [0.5, 0.6) is 0 Å². The maximum absolute atomic E-state index is 13.1. The Morgan fingerprint density at radius 1 is 0.260 bits per heavy atom. The van der Waals surface area contributed by atoms with E-state index in [0.717, 1.165) is 95.8 Å². The Bertz CT molecular complexity index is 1980. The SMILES string of the molecule is CCCCCCCCCCCCCCCCCCCCCCC(=O)O[C@H](COC(=O)CCCCCCCCCCCCCCCCCCC(C)C)COP(=O)(O)OC[C@@H](O)COP(=O)(O)OC[C@@H](COC(=O)CCCCCCCCCCCCC)OC(=O)CCCCCCCCCCCCCCCC. The fourth-order valence-corrected chi connectivity index (χ4v) is 14.9. The number of phosphoric ester groups is 2. The molecule has 0 amide bonds. The van der Waals surface area contributed by atoms with Crippen LogP contribution < -0.4 is 0 Å². The van der Waals surface area contributed by atoms with Crippen LogP contribution in [0.2, 0.25) is 0 Å². The van der Waals surface area contributed by atoms with E-state index in [4.69, 9.17) is 37.0 Å². The molecule has 0 rings (SSSR count). The van der Waals surface area contributed by atoms with Crippen LogP contribution in [0.3, 0.4) is 0 Å². The van der Waals surface area contributed by atoms with Crippen molar-refractivity contribution in [2.75, 3.05) is 39.6 Å². The minimum atomic E-state index is -4.96. The Hall–Kier alpha value is -1.94. The lowest BCUT2D eigenvalue weighted by molar-refractivity contribution is -0.161. The van der Waals surface area contributed by atoms with Gasteiger partial charge in [-0.2, -0.15) is 0 Å². The Morgan fingerprint density at radius 2 is 0.442 bits per heavy atom. The summed E-state index contributed by atoms with van der Waals surface area (Å²) < 4.78 is 68.9. The molecular weight excluding hydrogens is 1350 g/mol. The van der Waals surface area contributed by atoms with Crippen LogP contribution in [0.15, 0.2) is 0 Å². The van der Waals surface area contributed by atoms with Crippen LogP contribution in [0.4, 0.5) is 0 Å². The topological polar surface area (TPSA) is 237 Å². The number of unbranched alkanes of at least 4 members (excludes halogenated alkanes) is 57. The first-order valence-corrected chi connectivity index (χ1v) is 47.1. The molecule has 19 heteroatoms. The molecular formula is C85H166O17P2. The van der Waals surface area contributed by atoms with E-state index in [1.807, 2.05) is 0 Å². The van der Waals surface area contributed by atoms with Crippen LogP contribution >= 0.6 is 15.6 Å². The van der Waals surface area contributed by atoms with E-state index in [-0.39, 0.29) is 25.7 Å². The molecule has 0 saturated heterocycles. The number of aliphatic hydroxyl groups excluding tert-OH is 1. The fraction of sp³-hybridized carbons (Fsp3) is 0.953. The Morgan fingerprint density at radius 3 is 0.654 bits per heavy atom. The summed E-state index contributed by atoms with van der Waals surface area (Å²) in [5, 5.41) is 10.7. The Labute approximate surface area is 638 Å². The smallest absolute Gasteiger partial charge is 0.462 e. The van der Waals surface area contributed by atoms with Crippen LogP contribution in [0, 0.1) is 5.92 Å². The maximum atomic E-state index is 13.1. The second-order valence-corrected chi connectivity index (χ2v) is 34.0. The van der Waals surface area contributed by atoms with Gasteiger partial charge in [0.05, 0.1) is 26.4 Å². The molecule has 104 heavy (non-hydrogen) atoms. The number of rotatable bonds is 85. The average molecular weight is 1520 g/mol. The zero-order valence-electron chi connectivity index (χ0n) is 68.2. The van der Waals surface area contributed by atoms with Crippen molar-refractivity contribution in [1.82, 2.24) is 0 Å². The average Bonchev–Trinajstić information content (AvgIpc) is 0.939. The molecule has 0 heterocycles. The molecule has 0 fully saturated rings. The largest absolute Gasteiger partial charge is 0.472 e. The lowest BCUT2D eigenvalue weighted by Gasteiger charge is -2.21. The van der Waals surface area contributed by atoms with Gasteiger partial charge < -0.3 is 33.8 Å². The van der Waals surface area contributed by atoms with Crippen molar-refractivity contribution in [3.05, 3.63) is 0 Å². The molecule has 5 atom stereocenters. The highest BCUT2D eigenvalue weighted by Gasteiger charge is 2.30. The second-order valence-electron chi connectivity index (χ2n) is 31.1. The lowest BCUT2D eigenvalue weighted by atomic mass is 10.0. The predicted octanol–water partition coefficient (Wildman–Crippen LogP) is 26.0. The van der Waals surface area contributed by atoms with Gasteiger partial charge >= 0.3 is 39.5 Å². The van der Waals surface area contributed by atoms with Crippen molar-refractivity contribution < 1.29 is 80.2 Å². The number of carbonyl (C=O) groups is 4. The van der Waals surface area contributed by atoms with E-state index < -0.39 is 97.5 Å². The summed E-state index contributed by atoms with van der Waals surface area (Å²) in [6.07, 6.45) is 70.7. The van der Waals surface area contributed by atoms with Gasteiger partial charge in [0.1, 0.15) is 19.3 Å². The van der Waals surface area contributed by atoms with Gasteiger partial charge in [-0.3, -0.25) is 37.3 Å². The lowest BCUT2D eigenvalue weighted by Crippen LogP contribution is -2.30. The first-order valence-electron chi connectivity index (χ1n) is 44.1. The maximum Gasteiger partial charge on any atom is 0.472 e. The van der Waals surface area contributed by atoms with Crippen molar-refractivity contribution in [1.29, 1.82) is 0 Å². The number of ether oxygens (including phenoxy) is 4. The van der Waals surface area contributed by atoms with Crippen molar-refractivity contribution in [3.63, 3.8) is 0 Å². The quantitative estimate of drug-likeness (QED) is 0.0222. The molecule has 17 nitrogen and oxygen atoms in total. The van der Waals surface area contributed by atoms with E-state index in [1.54, 1.807) is 0 Å². The predicted molar refractivity (Wildman–Crippen MR) is 428 cm³/mol. The molecule has 0 radical (unpaired) electrons. The van der Waals surface area contributed by atoms with Crippen LogP contribution in [0.1, 0.15) is 458 Å². The van der Waals surface area contributed by atoms with E-state index in [9.17, 15) is 43.2 Å². The van der Waals surface area contributed by atoms with Crippen molar-refractivity contribution >= 4 is 39.5 Å². The minimum absolute atomic E-state index is 0.109. The zero-order valence-corrected chi connectivity index (χ0v) is 70.0. The molecule has 0 spiro atoms. The molecule has 0 aliphatic heterocycles. The molecule has 3 N–H and O–H groups in total. The van der Waals surface area contributed by atoms with Gasteiger partial charge in [0.15, 0.2) is 12.2 Å². The Balaban J connectivity index is 5.23. The molecule has 0 aliphatic carbocycles. The van der Waals surface area contributed by atoms with Crippen LogP contribution in [-0.4, -0.2) is 96.7 Å². The third-order valence-corrected chi connectivity index (χ3v) is 21.9. The number of esters is 4. The molecule has 618 valence electrons. The van der Waals surface area contributed by atoms with Crippen LogP contribution in [0.25, 0.3) is 0 Å². The first kappa shape index (κ1) is 102. The summed E-state index contributed by atoms with van der Waals surface area (Å²) in [6.45, 7) is 7.39. The van der Waals surface area contributed by atoms with Gasteiger partial charge in [-0.1, -0.05) is 407 Å². The highest BCUT2D eigenvalue weighted by molar-refractivity contribution is 7.47. The number of aliphatic hydroxyl groups is 1. The van der Waals surface area contributed by atoms with E-state index in [1.165, 1.54) is 283 Å².